The molecule has 0 unspecified atom stereocenters. The lowest BCUT2D eigenvalue weighted by molar-refractivity contribution is 0.261. The van der Waals surface area contributed by atoms with Crippen molar-refractivity contribution in [2.24, 2.45) is 0 Å². The summed E-state index contributed by atoms with van der Waals surface area (Å²) in [4.78, 5) is 2.54. The first-order chi connectivity index (χ1) is 8.21. The molecule has 0 amide bonds. The molecule has 0 radical (unpaired) electrons. The highest BCUT2D eigenvalue weighted by Crippen LogP contribution is 2.30. The standard InChI is InChI=1S/C16H26N2/c1-12-7-8-14(9-13(12)2)18-11-15(3,4)17-10-16(18,5)6/h7-9,17H,10-11H2,1-6H3. The maximum atomic E-state index is 3.63. The van der Waals surface area contributed by atoms with Crippen LogP contribution in [0.5, 0.6) is 0 Å². The molecule has 0 aliphatic carbocycles. The van der Waals surface area contributed by atoms with Gasteiger partial charge in [-0.15, -0.1) is 0 Å². The molecule has 2 heteroatoms. The van der Waals surface area contributed by atoms with Crippen molar-refractivity contribution in [1.82, 2.24) is 5.32 Å². The quantitative estimate of drug-likeness (QED) is 0.818. The fourth-order valence-corrected chi connectivity index (χ4v) is 2.55. The predicted molar refractivity (Wildman–Crippen MR) is 79.4 cm³/mol. The summed E-state index contributed by atoms with van der Waals surface area (Å²) < 4.78 is 0. The van der Waals surface area contributed by atoms with Crippen LogP contribution in [0, 0.1) is 13.8 Å². The lowest BCUT2D eigenvalue weighted by atomic mass is 9.90. The molecular weight excluding hydrogens is 220 g/mol. The molecule has 0 saturated carbocycles. The Balaban J connectivity index is 2.36. The second kappa shape index (κ2) is 4.27. The summed E-state index contributed by atoms with van der Waals surface area (Å²) in [6, 6.07) is 6.81. The first kappa shape index (κ1) is 13.4. The van der Waals surface area contributed by atoms with Gasteiger partial charge in [0.1, 0.15) is 0 Å². The Labute approximate surface area is 111 Å². The second-order valence-corrected chi connectivity index (χ2v) is 6.90. The molecule has 1 aliphatic rings. The van der Waals surface area contributed by atoms with Gasteiger partial charge in [0.25, 0.3) is 0 Å². The normalized spacial score (nSPS) is 22.0. The molecule has 2 rings (SSSR count). The fourth-order valence-electron chi connectivity index (χ4n) is 2.55. The van der Waals surface area contributed by atoms with Crippen molar-refractivity contribution in [2.75, 3.05) is 18.0 Å². The number of nitrogens with zero attached hydrogens (tertiary/aromatic N) is 1. The second-order valence-electron chi connectivity index (χ2n) is 6.90. The maximum Gasteiger partial charge on any atom is 0.0471 e. The number of piperazine rings is 1. The van der Waals surface area contributed by atoms with Crippen LogP contribution in [0.2, 0.25) is 0 Å². The topological polar surface area (TPSA) is 15.3 Å². The van der Waals surface area contributed by atoms with Crippen molar-refractivity contribution in [3.63, 3.8) is 0 Å². The highest BCUT2D eigenvalue weighted by atomic mass is 15.3. The van der Waals surface area contributed by atoms with Gasteiger partial charge >= 0.3 is 0 Å². The minimum Gasteiger partial charge on any atom is -0.363 e. The van der Waals surface area contributed by atoms with E-state index >= 15 is 0 Å². The van der Waals surface area contributed by atoms with E-state index in [4.69, 9.17) is 0 Å². The van der Waals surface area contributed by atoms with Gasteiger partial charge in [-0.1, -0.05) is 6.07 Å². The van der Waals surface area contributed by atoms with Crippen LogP contribution in [0.4, 0.5) is 5.69 Å². The van der Waals surface area contributed by atoms with Crippen molar-refractivity contribution in [3.05, 3.63) is 29.3 Å². The molecule has 0 atom stereocenters. The molecule has 1 aromatic rings. The minimum absolute atomic E-state index is 0.164. The minimum atomic E-state index is 0.164. The van der Waals surface area contributed by atoms with Gasteiger partial charge in [0, 0.05) is 29.9 Å². The number of nitrogens with one attached hydrogen (secondary N) is 1. The van der Waals surface area contributed by atoms with Gasteiger partial charge < -0.3 is 10.2 Å². The SMILES string of the molecule is Cc1ccc(N2CC(C)(C)NCC2(C)C)cc1C. The Morgan fingerprint density at radius 1 is 1.06 bits per heavy atom. The third-order valence-electron chi connectivity index (χ3n) is 4.09. The van der Waals surface area contributed by atoms with Crippen molar-refractivity contribution in [3.8, 4) is 0 Å². The van der Waals surface area contributed by atoms with Gasteiger partial charge in [-0.2, -0.15) is 0 Å². The largest absolute Gasteiger partial charge is 0.363 e. The van der Waals surface area contributed by atoms with Crippen LogP contribution in [0.3, 0.4) is 0 Å². The highest BCUT2D eigenvalue weighted by Gasteiger charge is 2.37. The van der Waals surface area contributed by atoms with Crippen molar-refractivity contribution < 1.29 is 0 Å². The third-order valence-corrected chi connectivity index (χ3v) is 4.09. The molecular formula is C16H26N2. The Morgan fingerprint density at radius 3 is 2.33 bits per heavy atom. The molecule has 1 fully saturated rings. The molecule has 2 nitrogen and oxygen atoms in total. The van der Waals surface area contributed by atoms with Crippen LogP contribution in [-0.2, 0) is 0 Å². The number of hydrogen-bond acceptors (Lipinski definition) is 2. The van der Waals surface area contributed by atoms with E-state index in [1.165, 1.54) is 16.8 Å². The van der Waals surface area contributed by atoms with Gasteiger partial charge in [0.2, 0.25) is 0 Å². The molecule has 1 saturated heterocycles. The average molecular weight is 246 g/mol. The van der Waals surface area contributed by atoms with Crippen molar-refractivity contribution in [2.45, 2.75) is 52.6 Å². The zero-order valence-electron chi connectivity index (χ0n) is 12.6. The summed E-state index contributed by atoms with van der Waals surface area (Å²) >= 11 is 0. The van der Waals surface area contributed by atoms with Crippen LogP contribution in [0.25, 0.3) is 0 Å². The van der Waals surface area contributed by atoms with E-state index in [-0.39, 0.29) is 11.1 Å². The predicted octanol–water partition coefficient (Wildman–Crippen LogP) is 3.27. The fraction of sp³-hybridized carbons (Fsp3) is 0.625. The third kappa shape index (κ3) is 2.54. The van der Waals surface area contributed by atoms with Crippen LogP contribution in [0.1, 0.15) is 38.8 Å². The van der Waals surface area contributed by atoms with Gasteiger partial charge in [0.15, 0.2) is 0 Å². The van der Waals surface area contributed by atoms with E-state index in [1.807, 2.05) is 0 Å². The van der Waals surface area contributed by atoms with Crippen LogP contribution < -0.4 is 10.2 Å². The number of anilines is 1. The van der Waals surface area contributed by atoms with Crippen LogP contribution in [-0.4, -0.2) is 24.2 Å². The summed E-state index contributed by atoms with van der Waals surface area (Å²) in [6.07, 6.45) is 0. The molecule has 0 spiro atoms. The zero-order valence-corrected chi connectivity index (χ0v) is 12.6. The van der Waals surface area contributed by atoms with E-state index in [1.54, 1.807) is 0 Å². The van der Waals surface area contributed by atoms with E-state index in [0.717, 1.165) is 13.1 Å². The number of benzene rings is 1. The summed E-state index contributed by atoms with van der Waals surface area (Å²) in [5.41, 5.74) is 4.43. The smallest absolute Gasteiger partial charge is 0.0471 e. The van der Waals surface area contributed by atoms with Crippen molar-refractivity contribution in [1.29, 1.82) is 0 Å². The molecule has 1 aliphatic heterocycles. The number of hydrogen-bond donors (Lipinski definition) is 1. The lowest BCUT2D eigenvalue weighted by Crippen LogP contribution is -2.66. The van der Waals surface area contributed by atoms with Gasteiger partial charge in [-0.05, 0) is 64.8 Å². The van der Waals surface area contributed by atoms with E-state index in [0.29, 0.717) is 0 Å². The highest BCUT2D eigenvalue weighted by molar-refractivity contribution is 5.53. The Hall–Kier alpha value is -1.02. The first-order valence-electron chi connectivity index (χ1n) is 6.81. The monoisotopic (exact) mass is 246 g/mol. The van der Waals surface area contributed by atoms with E-state index < -0.39 is 0 Å². The summed E-state index contributed by atoms with van der Waals surface area (Å²) in [7, 11) is 0. The zero-order chi connectivity index (χ0) is 13.6. The van der Waals surface area contributed by atoms with Gasteiger partial charge in [0.05, 0.1) is 0 Å². The van der Waals surface area contributed by atoms with Gasteiger partial charge in [-0.25, -0.2) is 0 Å². The summed E-state index contributed by atoms with van der Waals surface area (Å²) in [5, 5.41) is 3.63. The first-order valence-corrected chi connectivity index (χ1v) is 6.81. The summed E-state index contributed by atoms with van der Waals surface area (Å²) in [5.74, 6) is 0. The molecule has 0 bridgehead atoms. The number of rotatable bonds is 1. The average Bonchev–Trinajstić information content (AvgIpc) is 2.26. The Bertz CT molecular complexity index is 446. The molecule has 100 valence electrons. The molecule has 18 heavy (non-hydrogen) atoms. The molecule has 0 aromatic heterocycles. The Kier molecular flexibility index (Phi) is 3.18. The van der Waals surface area contributed by atoms with Crippen LogP contribution >= 0.6 is 0 Å². The van der Waals surface area contributed by atoms with E-state index in [9.17, 15) is 0 Å². The number of aryl methyl sites for hydroxylation is 2. The van der Waals surface area contributed by atoms with Gasteiger partial charge in [-0.3, -0.25) is 0 Å². The van der Waals surface area contributed by atoms with Crippen molar-refractivity contribution >= 4 is 5.69 Å². The molecule has 1 aromatic carbocycles. The maximum absolute atomic E-state index is 3.63. The summed E-state index contributed by atoms with van der Waals surface area (Å²) in [6.45, 7) is 15.6. The molecule has 1 N–H and O–H groups in total. The lowest BCUT2D eigenvalue weighted by Gasteiger charge is -2.51. The van der Waals surface area contributed by atoms with E-state index in [2.05, 4.69) is 70.0 Å². The molecule has 1 heterocycles. The van der Waals surface area contributed by atoms with Crippen LogP contribution in [0.15, 0.2) is 18.2 Å². The Morgan fingerprint density at radius 2 is 1.72 bits per heavy atom.